The van der Waals surface area contributed by atoms with Gasteiger partial charge in [0, 0.05) is 0 Å². The molecule has 2 atom stereocenters. The maximum atomic E-state index is 11.8. The summed E-state index contributed by atoms with van der Waals surface area (Å²) in [5.74, 6) is 0. The first-order chi connectivity index (χ1) is 7.61. The van der Waals surface area contributed by atoms with Crippen molar-refractivity contribution in [1.82, 2.24) is 9.55 Å². The first-order valence-corrected chi connectivity index (χ1v) is 5.25. The molecular formula is C12H14N2O2. The van der Waals surface area contributed by atoms with Crippen LogP contribution in [0.4, 0.5) is 0 Å². The van der Waals surface area contributed by atoms with E-state index in [4.69, 9.17) is 0 Å². The lowest BCUT2D eigenvalue weighted by Gasteiger charge is -2.19. The number of fused-ring (bicyclic) bond motifs is 1. The van der Waals surface area contributed by atoms with Crippen molar-refractivity contribution in [2.24, 2.45) is 0 Å². The van der Waals surface area contributed by atoms with Crippen LogP contribution in [0.5, 0.6) is 0 Å². The molecule has 0 bridgehead atoms. The van der Waals surface area contributed by atoms with Gasteiger partial charge in [-0.2, -0.15) is 0 Å². The molecule has 1 N–H and O–H groups in total. The van der Waals surface area contributed by atoms with Crippen molar-refractivity contribution in [3.63, 3.8) is 0 Å². The summed E-state index contributed by atoms with van der Waals surface area (Å²) in [5, 5.41) is 9.58. The van der Waals surface area contributed by atoms with Crippen molar-refractivity contribution in [3.8, 4) is 0 Å². The number of hydrogen-bond acceptors (Lipinski definition) is 3. The second-order valence-corrected chi connectivity index (χ2v) is 3.94. The molecule has 2 unspecified atom stereocenters. The second-order valence-electron chi connectivity index (χ2n) is 3.94. The smallest absolute Gasteiger partial charge is 0.269 e. The molecule has 84 valence electrons. The maximum Gasteiger partial charge on any atom is 0.269 e. The molecule has 0 saturated carbocycles. The molecule has 0 amide bonds. The van der Waals surface area contributed by atoms with Gasteiger partial charge in [-0.1, -0.05) is 12.1 Å². The van der Waals surface area contributed by atoms with Crippen LogP contribution in [0.2, 0.25) is 0 Å². The SMILES string of the molecule is CC(O)C(C)n1c(=O)cnc2ccccc21. The lowest BCUT2D eigenvalue weighted by Crippen LogP contribution is -2.29. The van der Waals surface area contributed by atoms with E-state index < -0.39 is 6.10 Å². The third kappa shape index (κ3) is 1.72. The zero-order chi connectivity index (χ0) is 11.7. The van der Waals surface area contributed by atoms with E-state index in [1.165, 1.54) is 6.20 Å². The van der Waals surface area contributed by atoms with Crippen LogP contribution in [-0.4, -0.2) is 20.8 Å². The predicted octanol–water partition coefficient (Wildman–Crippen LogP) is 1.34. The normalized spacial score (nSPS) is 14.9. The number of aliphatic hydroxyl groups excluding tert-OH is 1. The Morgan fingerprint density at radius 3 is 2.69 bits per heavy atom. The molecule has 1 aromatic heterocycles. The van der Waals surface area contributed by atoms with Crippen LogP contribution in [0.3, 0.4) is 0 Å². The van der Waals surface area contributed by atoms with Gasteiger partial charge in [-0.15, -0.1) is 0 Å². The minimum Gasteiger partial charge on any atom is -0.391 e. The highest BCUT2D eigenvalue weighted by Gasteiger charge is 2.14. The van der Waals surface area contributed by atoms with E-state index in [1.54, 1.807) is 11.5 Å². The fraction of sp³-hybridized carbons (Fsp3) is 0.333. The highest BCUT2D eigenvalue weighted by Crippen LogP contribution is 2.15. The average Bonchev–Trinajstić information content (AvgIpc) is 2.28. The van der Waals surface area contributed by atoms with Gasteiger partial charge in [0.25, 0.3) is 5.56 Å². The predicted molar refractivity (Wildman–Crippen MR) is 62.4 cm³/mol. The standard InChI is InChI=1S/C12H14N2O2/c1-8(9(2)15)14-11-6-4-3-5-10(11)13-7-12(14)16/h3-9,15H,1-2H3. The topological polar surface area (TPSA) is 55.1 Å². The lowest BCUT2D eigenvalue weighted by atomic mass is 10.2. The van der Waals surface area contributed by atoms with Gasteiger partial charge in [-0.3, -0.25) is 4.79 Å². The van der Waals surface area contributed by atoms with E-state index in [0.717, 1.165) is 11.0 Å². The van der Waals surface area contributed by atoms with Gasteiger partial charge in [-0.25, -0.2) is 4.98 Å². The van der Waals surface area contributed by atoms with Crippen LogP contribution in [0.15, 0.2) is 35.3 Å². The number of hydrogen-bond donors (Lipinski definition) is 1. The Morgan fingerprint density at radius 2 is 2.00 bits per heavy atom. The molecule has 2 aromatic rings. The average molecular weight is 218 g/mol. The molecule has 0 saturated heterocycles. The van der Waals surface area contributed by atoms with Crippen molar-refractivity contribution < 1.29 is 5.11 Å². The number of aromatic nitrogens is 2. The van der Waals surface area contributed by atoms with Crippen LogP contribution < -0.4 is 5.56 Å². The summed E-state index contributed by atoms with van der Waals surface area (Å²) in [4.78, 5) is 15.8. The van der Waals surface area contributed by atoms with Gasteiger partial charge in [-0.05, 0) is 26.0 Å². The Balaban J connectivity index is 2.75. The van der Waals surface area contributed by atoms with E-state index in [2.05, 4.69) is 4.98 Å². The fourth-order valence-corrected chi connectivity index (χ4v) is 1.72. The van der Waals surface area contributed by atoms with Crippen LogP contribution in [-0.2, 0) is 0 Å². The van der Waals surface area contributed by atoms with Gasteiger partial charge in [0.1, 0.15) is 0 Å². The first-order valence-electron chi connectivity index (χ1n) is 5.25. The van der Waals surface area contributed by atoms with Crippen molar-refractivity contribution in [2.75, 3.05) is 0 Å². The van der Waals surface area contributed by atoms with Gasteiger partial charge in [0.05, 0.1) is 29.4 Å². The largest absolute Gasteiger partial charge is 0.391 e. The third-order valence-electron chi connectivity index (χ3n) is 2.80. The van der Waals surface area contributed by atoms with Gasteiger partial charge in [0.2, 0.25) is 0 Å². The molecule has 1 aromatic carbocycles. The quantitative estimate of drug-likeness (QED) is 0.827. The zero-order valence-corrected chi connectivity index (χ0v) is 9.29. The Hall–Kier alpha value is -1.68. The molecule has 2 rings (SSSR count). The number of benzene rings is 1. The molecule has 0 aliphatic rings. The molecule has 0 radical (unpaired) electrons. The molecule has 4 nitrogen and oxygen atoms in total. The minimum atomic E-state index is -0.580. The molecule has 0 aliphatic carbocycles. The zero-order valence-electron chi connectivity index (χ0n) is 9.29. The van der Waals surface area contributed by atoms with Crippen LogP contribution >= 0.6 is 0 Å². The molecule has 0 aliphatic heterocycles. The lowest BCUT2D eigenvalue weighted by molar-refractivity contribution is 0.139. The fourth-order valence-electron chi connectivity index (χ4n) is 1.72. The Bertz CT molecular complexity index is 560. The number of nitrogens with zero attached hydrogens (tertiary/aromatic N) is 2. The molecule has 16 heavy (non-hydrogen) atoms. The Morgan fingerprint density at radius 1 is 1.31 bits per heavy atom. The van der Waals surface area contributed by atoms with Crippen molar-refractivity contribution in [1.29, 1.82) is 0 Å². The third-order valence-corrected chi connectivity index (χ3v) is 2.80. The van der Waals surface area contributed by atoms with Crippen LogP contribution in [0.25, 0.3) is 11.0 Å². The maximum absolute atomic E-state index is 11.8. The molecule has 1 heterocycles. The Kier molecular flexibility index (Phi) is 2.75. The number of aliphatic hydroxyl groups is 1. The van der Waals surface area contributed by atoms with E-state index in [1.807, 2.05) is 31.2 Å². The van der Waals surface area contributed by atoms with Crippen molar-refractivity contribution in [3.05, 3.63) is 40.8 Å². The van der Waals surface area contributed by atoms with E-state index in [-0.39, 0.29) is 11.6 Å². The second kappa shape index (κ2) is 4.06. The Labute approximate surface area is 93.2 Å². The van der Waals surface area contributed by atoms with Crippen LogP contribution in [0.1, 0.15) is 19.9 Å². The summed E-state index contributed by atoms with van der Waals surface area (Å²) in [6, 6.07) is 7.15. The van der Waals surface area contributed by atoms with E-state index in [0.29, 0.717) is 0 Å². The molecule has 0 fully saturated rings. The van der Waals surface area contributed by atoms with Gasteiger partial charge in [0.15, 0.2) is 0 Å². The minimum absolute atomic E-state index is 0.188. The van der Waals surface area contributed by atoms with Gasteiger partial charge < -0.3 is 9.67 Å². The highest BCUT2D eigenvalue weighted by atomic mass is 16.3. The summed E-state index contributed by atoms with van der Waals surface area (Å²) < 4.78 is 1.58. The van der Waals surface area contributed by atoms with E-state index in [9.17, 15) is 9.90 Å². The summed E-state index contributed by atoms with van der Waals surface area (Å²) in [5.41, 5.74) is 1.32. The van der Waals surface area contributed by atoms with Crippen molar-refractivity contribution in [2.45, 2.75) is 26.0 Å². The summed E-state index contributed by atoms with van der Waals surface area (Å²) in [6.07, 6.45) is 0.713. The monoisotopic (exact) mass is 218 g/mol. The van der Waals surface area contributed by atoms with Gasteiger partial charge >= 0.3 is 0 Å². The highest BCUT2D eigenvalue weighted by molar-refractivity contribution is 5.74. The molecule has 4 heteroatoms. The van der Waals surface area contributed by atoms with E-state index >= 15 is 0 Å². The number of para-hydroxylation sites is 2. The summed E-state index contributed by atoms with van der Waals surface area (Å²) in [6.45, 7) is 3.49. The first kappa shape index (κ1) is 10.8. The summed E-state index contributed by atoms with van der Waals surface area (Å²) >= 11 is 0. The summed E-state index contributed by atoms with van der Waals surface area (Å²) in [7, 11) is 0. The molecule has 0 spiro atoms. The van der Waals surface area contributed by atoms with Crippen LogP contribution in [0, 0.1) is 0 Å². The van der Waals surface area contributed by atoms with Crippen molar-refractivity contribution >= 4 is 11.0 Å². The molecular weight excluding hydrogens is 204 g/mol. The number of rotatable bonds is 2.